The normalized spacial score (nSPS) is 11.2. The molecular formula is C11H21N. The largest absolute Gasteiger partial charge is 0.312 e. The van der Waals surface area contributed by atoms with E-state index < -0.39 is 0 Å². The fourth-order valence-corrected chi connectivity index (χ4v) is 0.992. The van der Waals surface area contributed by atoms with Gasteiger partial charge < -0.3 is 5.32 Å². The summed E-state index contributed by atoms with van der Waals surface area (Å²) in [5.74, 6) is 2.65. The van der Waals surface area contributed by atoms with Crippen molar-refractivity contribution in [2.45, 2.75) is 52.0 Å². The van der Waals surface area contributed by atoms with Gasteiger partial charge >= 0.3 is 0 Å². The minimum Gasteiger partial charge on any atom is -0.312 e. The van der Waals surface area contributed by atoms with E-state index in [-0.39, 0.29) is 5.54 Å². The second-order valence-corrected chi connectivity index (χ2v) is 4.19. The highest BCUT2D eigenvalue weighted by atomic mass is 14.9. The van der Waals surface area contributed by atoms with Gasteiger partial charge in [0.1, 0.15) is 0 Å². The van der Waals surface area contributed by atoms with Crippen molar-refractivity contribution in [3.63, 3.8) is 0 Å². The maximum Gasteiger partial charge on any atom is 0.00965 e. The zero-order chi connectivity index (χ0) is 9.45. The van der Waals surface area contributed by atoms with E-state index in [1.54, 1.807) is 0 Å². The number of rotatable bonds is 5. The summed E-state index contributed by atoms with van der Waals surface area (Å²) in [6, 6.07) is 0. The minimum atomic E-state index is 0.256. The summed E-state index contributed by atoms with van der Waals surface area (Å²) in [6.07, 6.45) is 9.72. The van der Waals surface area contributed by atoms with Gasteiger partial charge in [-0.05, 0) is 40.2 Å². The first-order chi connectivity index (χ1) is 5.56. The van der Waals surface area contributed by atoms with Crippen LogP contribution in [0.3, 0.4) is 0 Å². The van der Waals surface area contributed by atoms with Gasteiger partial charge in [-0.15, -0.1) is 12.3 Å². The lowest BCUT2D eigenvalue weighted by Gasteiger charge is -2.20. The van der Waals surface area contributed by atoms with Crippen LogP contribution >= 0.6 is 0 Å². The maximum absolute atomic E-state index is 5.15. The number of unbranched alkanes of at least 4 members (excludes halogenated alkanes) is 3. The first-order valence-corrected chi connectivity index (χ1v) is 4.75. The Hall–Kier alpha value is -0.480. The van der Waals surface area contributed by atoms with Crippen molar-refractivity contribution in [2.75, 3.05) is 6.54 Å². The van der Waals surface area contributed by atoms with Gasteiger partial charge in [-0.25, -0.2) is 0 Å². The Morgan fingerprint density at radius 3 is 2.33 bits per heavy atom. The summed E-state index contributed by atoms with van der Waals surface area (Å²) in [5.41, 5.74) is 0.256. The molecular weight excluding hydrogens is 146 g/mol. The van der Waals surface area contributed by atoms with Gasteiger partial charge in [0, 0.05) is 12.0 Å². The van der Waals surface area contributed by atoms with Crippen LogP contribution in [-0.4, -0.2) is 12.1 Å². The molecule has 12 heavy (non-hydrogen) atoms. The van der Waals surface area contributed by atoms with E-state index in [1.165, 1.54) is 19.3 Å². The molecule has 0 fully saturated rings. The van der Waals surface area contributed by atoms with Crippen LogP contribution in [0.2, 0.25) is 0 Å². The molecule has 0 rings (SSSR count). The molecule has 0 unspecified atom stereocenters. The van der Waals surface area contributed by atoms with Crippen LogP contribution in [0.15, 0.2) is 0 Å². The minimum absolute atomic E-state index is 0.256. The van der Waals surface area contributed by atoms with Gasteiger partial charge in [0.05, 0.1) is 0 Å². The van der Waals surface area contributed by atoms with Crippen LogP contribution in [0.4, 0.5) is 0 Å². The van der Waals surface area contributed by atoms with Gasteiger partial charge in [-0.2, -0.15) is 0 Å². The Morgan fingerprint density at radius 2 is 1.83 bits per heavy atom. The fourth-order valence-electron chi connectivity index (χ4n) is 0.992. The van der Waals surface area contributed by atoms with E-state index >= 15 is 0 Å². The summed E-state index contributed by atoms with van der Waals surface area (Å²) in [4.78, 5) is 0. The van der Waals surface area contributed by atoms with Crippen LogP contribution in [-0.2, 0) is 0 Å². The summed E-state index contributed by atoms with van der Waals surface area (Å²) in [6.45, 7) is 7.67. The highest BCUT2D eigenvalue weighted by molar-refractivity contribution is 4.82. The topological polar surface area (TPSA) is 12.0 Å². The van der Waals surface area contributed by atoms with E-state index in [9.17, 15) is 0 Å². The van der Waals surface area contributed by atoms with E-state index in [2.05, 4.69) is 32.0 Å². The highest BCUT2D eigenvalue weighted by Crippen LogP contribution is 2.01. The van der Waals surface area contributed by atoms with E-state index in [0.29, 0.717) is 0 Å². The maximum atomic E-state index is 5.15. The highest BCUT2D eigenvalue weighted by Gasteiger charge is 2.06. The zero-order valence-corrected chi connectivity index (χ0v) is 8.61. The average Bonchev–Trinajstić information content (AvgIpc) is 1.94. The van der Waals surface area contributed by atoms with E-state index in [4.69, 9.17) is 6.42 Å². The van der Waals surface area contributed by atoms with Gasteiger partial charge in [0.15, 0.2) is 0 Å². The van der Waals surface area contributed by atoms with Crippen LogP contribution in [0, 0.1) is 12.3 Å². The van der Waals surface area contributed by atoms with Gasteiger partial charge in [0.25, 0.3) is 0 Å². The second-order valence-electron chi connectivity index (χ2n) is 4.19. The molecule has 0 aliphatic rings. The number of terminal acetylenes is 1. The Kier molecular flexibility index (Phi) is 5.84. The third kappa shape index (κ3) is 9.52. The summed E-state index contributed by atoms with van der Waals surface area (Å²) in [7, 11) is 0. The average molecular weight is 167 g/mol. The lowest BCUT2D eigenvalue weighted by atomic mass is 10.1. The van der Waals surface area contributed by atoms with Crippen LogP contribution in [0.1, 0.15) is 46.5 Å². The van der Waals surface area contributed by atoms with Crippen LogP contribution in [0.25, 0.3) is 0 Å². The molecule has 1 N–H and O–H groups in total. The summed E-state index contributed by atoms with van der Waals surface area (Å²) in [5, 5.41) is 3.45. The molecule has 70 valence electrons. The molecule has 0 aliphatic heterocycles. The van der Waals surface area contributed by atoms with Crippen molar-refractivity contribution in [1.82, 2.24) is 5.32 Å². The molecule has 0 aliphatic carbocycles. The molecule has 0 aromatic carbocycles. The SMILES string of the molecule is C#CCCCCCNC(C)(C)C. The monoisotopic (exact) mass is 167 g/mol. The molecule has 1 nitrogen and oxygen atoms in total. The van der Waals surface area contributed by atoms with Gasteiger partial charge in [-0.3, -0.25) is 0 Å². The smallest absolute Gasteiger partial charge is 0.00965 e. The Bertz CT molecular complexity index is 136. The molecule has 0 saturated carbocycles. The van der Waals surface area contributed by atoms with Crippen molar-refractivity contribution in [3.8, 4) is 12.3 Å². The quantitative estimate of drug-likeness (QED) is 0.490. The summed E-state index contributed by atoms with van der Waals surface area (Å²) < 4.78 is 0. The molecule has 0 aromatic heterocycles. The van der Waals surface area contributed by atoms with E-state index in [1.807, 2.05) is 0 Å². The van der Waals surface area contributed by atoms with E-state index in [0.717, 1.165) is 13.0 Å². The van der Waals surface area contributed by atoms with Gasteiger partial charge in [0.2, 0.25) is 0 Å². The lowest BCUT2D eigenvalue weighted by molar-refractivity contribution is 0.417. The Morgan fingerprint density at radius 1 is 1.17 bits per heavy atom. The van der Waals surface area contributed by atoms with Crippen LogP contribution in [0.5, 0.6) is 0 Å². The Labute approximate surface area is 76.9 Å². The molecule has 0 saturated heterocycles. The number of hydrogen-bond acceptors (Lipinski definition) is 1. The Balaban J connectivity index is 3.07. The molecule has 0 heterocycles. The third-order valence-corrected chi connectivity index (χ3v) is 1.65. The first-order valence-electron chi connectivity index (χ1n) is 4.75. The third-order valence-electron chi connectivity index (χ3n) is 1.65. The van der Waals surface area contributed by atoms with Gasteiger partial charge in [-0.1, -0.05) is 6.42 Å². The molecule has 0 amide bonds. The molecule has 1 heteroatoms. The predicted molar refractivity (Wildman–Crippen MR) is 55.1 cm³/mol. The fraction of sp³-hybridized carbons (Fsp3) is 0.818. The lowest BCUT2D eigenvalue weighted by Crippen LogP contribution is -2.36. The molecule has 0 spiro atoms. The first kappa shape index (κ1) is 11.5. The standard InChI is InChI=1S/C11H21N/c1-5-6-7-8-9-10-12-11(2,3)4/h1,12H,6-10H2,2-4H3. The van der Waals surface area contributed by atoms with Crippen molar-refractivity contribution in [1.29, 1.82) is 0 Å². The van der Waals surface area contributed by atoms with Crippen molar-refractivity contribution in [2.24, 2.45) is 0 Å². The molecule has 0 aromatic rings. The predicted octanol–water partition coefficient (Wildman–Crippen LogP) is 2.57. The summed E-state index contributed by atoms with van der Waals surface area (Å²) >= 11 is 0. The number of hydrogen-bond donors (Lipinski definition) is 1. The number of nitrogens with one attached hydrogen (secondary N) is 1. The zero-order valence-electron chi connectivity index (χ0n) is 8.61. The van der Waals surface area contributed by atoms with Crippen molar-refractivity contribution < 1.29 is 0 Å². The second kappa shape index (κ2) is 6.08. The molecule has 0 atom stereocenters. The van der Waals surface area contributed by atoms with Crippen molar-refractivity contribution in [3.05, 3.63) is 0 Å². The molecule has 0 radical (unpaired) electrons. The molecule has 0 bridgehead atoms. The van der Waals surface area contributed by atoms with Crippen LogP contribution < -0.4 is 5.32 Å². The van der Waals surface area contributed by atoms with Crippen molar-refractivity contribution >= 4 is 0 Å².